The summed E-state index contributed by atoms with van der Waals surface area (Å²) in [5.41, 5.74) is 0. The highest BCUT2D eigenvalue weighted by atomic mass is 35.6. The minimum atomic E-state index is -1.72. The molecular formula is C2H2Cl4O. The molecule has 0 atom stereocenters. The number of rotatable bonds is 0. The van der Waals surface area contributed by atoms with Gasteiger partial charge in [0.2, 0.25) is 3.79 Å². The van der Waals surface area contributed by atoms with Crippen LogP contribution in [0.2, 0.25) is 0 Å². The Bertz CT molecular complexity index is 55.2. The molecule has 0 aromatic heterocycles. The lowest BCUT2D eigenvalue weighted by Gasteiger charge is -1.93. The zero-order valence-corrected chi connectivity index (χ0v) is 6.11. The number of halogens is 4. The standard InChI is InChI=1S/C2HCl3O.ClH/c3-2(4,5)1-6;/h1H;1H. The number of alkyl halides is 3. The van der Waals surface area contributed by atoms with Gasteiger partial charge in [-0.2, -0.15) is 0 Å². The third-order valence-corrected chi connectivity index (χ3v) is 0.401. The van der Waals surface area contributed by atoms with E-state index in [2.05, 4.69) is 0 Å². The lowest BCUT2D eigenvalue weighted by Crippen LogP contribution is -2.00. The first-order valence-corrected chi connectivity index (χ1v) is 2.23. The zero-order chi connectivity index (χ0) is 5.21. The van der Waals surface area contributed by atoms with Crippen LogP contribution in [0.5, 0.6) is 0 Å². The zero-order valence-electron chi connectivity index (χ0n) is 3.03. The fourth-order valence-corrected chi connectivity index (χ4v) is 0. The van der Waals surface area contributed by atoms with Crippen molar-refractivity contribution in [2.45, 2.75) is 3.79 Å². The molecule has 0 aliphatic rings. The molecule has 7 heavy (non-hydrogen) atoms. The Balaban J connectivity index is 0. The van der Waals surface area contributed by atoms with E-state index in [9.17, 15) is 4.79 Å². The summed E-state index contributed by atoms with van der Waals surface area (Å²) >= 11 is 14.6. The van der Waals surface area contributed by atoms with Crippen molar-refractivity contribution >= 4 is 53.5 Å². The maximum atomic E-state index is 9.43. The van der Waals surface area contributed by atoms with Crippen LogP contribution in [0.3, 0.4) is 0 Å². The molecular weight excluding hydrogens is 182 g/mol. The Kier molecular flexibility index (Phi) is 5.81. The summed E-state index contributed by atoms with van der Waals surface area (Å²) in [6.07, 6.45) is 0.234. The normalized spacial score (nSPS) is 9.57. The third kappa shape index (κ3) is 10.9. The number of carbonyl (C=O) groups excluding carboxylic acids is 1. The summed E-state index contributed by atoms with van der Waals surface area (Å²) in [6.45, 7) is 0. The van der Waals surface area contributed by atoms with Crippen molar-refractivity contribution in [3.05, 3.63) is 0 Å². The second-order valence-electron chi connectivity index (χ2n) is 0.659. The Morgan fingerprint density at radius 3 is 1.43 bits per heavy atom. The summed E-state index contributed by atoms with van der Waals surface area (Å²) < 4.78 is -1.72. The first-order chi connectivity index (χ1) is 2.56. The number of hydrogen-bond donors (Lipinski definition) is 0. The Hall–Kier alpha value is 0.830. The second-order valence-corrected chi connectivity index (χ2v) is 3.03. The van der Waals surface area contributed by atoms with E-state index in [4.69, 9.17) is 34.8 Å². The lowest BCUT2D eigenvalue weighted by atomic mass is 10.9. The van der Waals surface area contributed by atoms with Gasteiger partial charge >= 0.3 is 0 Å². The van der Waals surface area contributed by atoms with E-state index in [1.807, 2.05) is 0 Å². The maximum Gasteiger partial charge on any atom is 0.245 e. The van der Waals surface area contributed by atoms with E-state index in [1.165, 1.54) is 0 Å². The first-order valence-electron chi connectivity index (χ1n) is 1.09. The summed E-state index contributed by atoms with van der Waals surface area (Å²) in [7, 11) is 0. The average Bonchev–Trinajstić information content (AvgIpc) is 1.35. The van der Waals surface area contributed by atoms with Crippen molar-refractivity contribution in [2.75, 3.05) is 0 Å². The van der Waals surface area contributed by atoms with Gasteiger partial charge in [0.05, 0.1) is 0 Å². The number of carbonyl (C=O) groups is 1. The topological polar surface area (TPSA) is 17.1 Å². The number of hydrogen-bond acceptors (Lipinski definition) is 1. The first kappa shape index (κ1) is 10.7. The molecule has 44 valence electrons. The average molecular weight is 184 g/mol. The van der Waals surface area contributed by atoms with Crippen molar-refractivity contribution < 1.29 is 4.79 Å². The van der Waals surface area contributed by atoms with Gasteiger partial charge in [-0.25, -0.2) is 0 Å². The van der Waals surface area contributed by atoms with Crippen LogP contribution in [0, 0.1) is 0 Å². The molecule has 0 aliphatic carbocycles. The van der Waals surface area contributed by atoms with Crippen LogP contribution in [-0.2, 0) is 4.79 Å². The van der Waals surface area contributed by atoms with E-state index in [0.29, 0.717) is 0 Å². The SMILES string of the molecule is Cl.O=CC(Cl)(Cl)Cl. The van der Waals surface area contributed by atoms with E-state index in [-0.39, 0.29) is 18.7 Å². The Morgan fingerprint density at radius 1 is 1.29 bits per heavy atom. The van der Waals surface area contributed by atoms with Gasteiger partial charge in [-0.3, -0.25) is 4.79 Å². The highest BCUT2D eigenvalue weighted by molar-refractivity contribution is 6.74. The Labute approximate surface area is 62.3 Å². The molecule has 0 rings (SSSR count). The molecule has 0 radical (unpaired) electrons. The minimum absolute atomic E-state index is 0. The van der Waals surface area contributed by atoms with Crippen LogP contribution in [-0.4, -0.2) is 10.1 Å². The summed E-state index contributed by atoms with van der Waals surface area (Å²) in [5.74, 6) is 0. The second kappa shape index (κ2) is 3.79. The summed E-state index contributed by atoms with van der Waals surface area (Å²) in [6, 6.07) is 0. The quantitative estimate of drug-likeness (QED) is 0.415. The molecule has 0 N–H and O–H groups in total. The van der Waals surface area contributed by atoms with Gasteiger partial charge in [0.1, 0.15) is 0 Å². The van der Waals surface area contributed by atoms with Crippen molar-refractivity contribution in [1.29, 1.82) is 0 Å². The lowest BCUT2D eigenvalue weighted by molar-refractivity contribution is -0.107. The van der Waals surface area contributed by atoms with Crippen LogP contribution in [0.4, 0.5) is 0 Å². The van der Waals surface area contributed by atoms with Gasteiger partial charge < -0.3 is 0 Å². The van der Waals surface area contributed by atoms with Crippen LogP contribution < -0.4 is 0 Å². The summed E-state index contributed by atoms with van der Waals surface area (Å²) in [5, 5.41) is 0. The molecule has 0 fully saturated rings. The molecule has 5 heteroatoms. The molecule has 0 aromatic carbocycles. The predicted octanol–water partition coefficient (Wildman–Crippen LogP) is 1.98. The van der Waals surface area contributed by atoms with Gasteiger partial charge in [0, 0.05) is 0 Å². The molecule has 0 saturated carbocycles. The van der Waals surface area contributed by atoms with Gasteiger partial charge in [-0.1, -0.05) is 34.8 Å². The van der Waals surface area contributed by atoms with Crippen molar-refractivity contribution in [3.63, 3.8) is 0 Å². The van der Waals surface area contributed by atoms with Crippen LogP contribution >= 0.6 is 47.2 Å². The van der Waals surface area contributed by atoms with Gasteiger partial charge in [-0.05, 0) is 0 Å². The van der Waals surface area contributed by atoms with E-state index < -0.39 is 3.79 Å². The smallest absolute Gasteiger partial charge is 0.245 e. The molecule has 0 unspecified atom stereocenters. The minimum Gasteiger partial charge on any atom is -0.299 e. The van der Waals surface area contributed by atoms with Crippen molar-refractivity contribution in [2.24, 2.45) is 0 Å². The Morgan fingerprint density at radius 2 is 1.43 bits per heavy atom. The van der Waals surface area contributed by atoms with E-state index >= 15 is 0 Å². The number of aldehydes is 1. The van der Waals surface area contributed by atoms with Crippen LogP contribution in [0.15, 0.2) is 0 Å². The molecule has 0 amide bonds. The third-order valence-electron chi connectivity index (χ3n) is 0.134. The molecule has 0 bridgehead atoms. The van der Waals surface area contributed by atoms with Crippen molar-refractivity contribution in [1.82, 2.24) is 0 Å². The molecule has 0 spiro atoms. The highest BCUT2D eigenvalue weighted by Gasteiger charge is 2.16. The van der Waals surface area contributed by atoms with E-state index in [0.717, 1.165) is 0 Å². The summed E-state index contributed by atoms with van der Waals surface area (Å²) in [4.78, 5) is 9.43. The molecule has 0 aliphatic heterocycles. The molecule has 0 heterocycles. The van der Waals surface area contributed by atoms with Gasteiger partial charge in [0.25, 0.3) is 0 Å². The predicted molar refractivity (Wildman–Crippen MR) is 33.6 cm³/mol. The maximum absolute atomic E-state index is 9.43. The van der Waals surface area contributed by atoms with Crippen LogP contribution in [0.25, 0.3) is 0 Å². The van der Waals surface area contributed by atoms with E-state index in [1.54, 1.807) is 0 Å². The monoisotopic (exact) mass is 182 g/mol. The fourth-order valence-electron chi connectivity index (χ4n) is 0. The largest absolute Gasteiger partial charge is 0.299 e. The molecule has 0 saturated heterocycles. The molecule has 0 aromatic rings. The van der Waals surface area contributed by atoms with Crippen LogP contribution in [0.1, 0.15) is 0 Å². The van der Waals surface area contributed by atoms with Gasteiger partial charge in [-0.15, -0.1) is 12.4 Å². The highest BCUT2D eigenvalue weighted by Crippen LogP contribution is 2.21. The van der Waals surface area contributed by atoms with Gasteiger partial charge in [0.15, 0.2) is 6.29 Å². The van der Waals surface area contributed by atoms with Crippen molar-refractivity contribution in [3.8, 4) is 0 Å². The molecule has 1 nitrogen and oxygen atoms in total. The fraction of sp³-hybridized carbons (Fsp3) is 0.500.